The zero-order valence-electron chi connectivity index (χ0n) is 23.6. The van der Waals surface area contributed by atoms with Crippen molar-refractivity contribution < 1.29 is 4.57 Å². The average Bonchev–Trinajstić information content (AvgIpc) is 3.43. The fourth-order valence-corrected chi connectivity index (χ4v) is 16.6. The van der Waals surface area contributed by atoms with E-state index in [1.165, 1.54) is 38.5 Å². The summed E-state index contributed by atoms with van der Waals surface area (Å²) in [7, 11) is -3.05. The number of fused-ring (bicyclic) bond motifs is 2. The molecule has 2 aliphatic heterocycles. The van der Waals surface area contributed by atoms with Crippen LogP contribution in [0, 0.1) is 5.41 Å². The van der Waals surface area contributed by atoms with Crippen LogP contribution in [0.25, 0.3) is 16.2 Å². The van der Waals surface area contributed by atoms with E-state index < -0.39 is 13.2 Å². The molecule has 0 spiro atoms. The fourth-order valence-electron chi connectivity index (χ4n) is 7.09. The van der Waals surface area contributed by atoms with Gasteiger partial charge in [0.25, 0.3) is 0 Å². The molecule has 2 bridgehead atoms. The average molecular weight is 599 g/mol. The predicted octanol–water partition coefficient (Wildman–Crippen LogP) is 9.49. The second-order valence-electron chi connectivity index (χ2n) is 11.4. The van der Waals surface area contributed by atoms with Crippen LogP contribution in [0.1, 0.15) is 23.6 Å². The lowest BCUT2D eigenvalue weighted by Gasteiger charge is -2.35. The molecule has 2 heterocycles. The van der Waals surface area contributed by atoms with Crippen molar-refractivity contribution >= 4 is 51.8 Å². The summed E-state index contributed by atoms with van der Waals surface area (Å²) in [5.41, 5.74) is 5.83. The monoisotopic (exact) mass is 598 g/mol. The molecule has 0 aliphatic carbocycles. The van der Waals surface area contributed by atoms with E-state index in [0.717, 1.165) is 16.8 Å². The summed E-state index contributed by atoms with van der Waals surface area (Å²) in [6, 6.07) is 50.1. The van der Waals surface area contributed by atoms with E-state index in [4.69, 9.17) is 11.8 Å². The Bertz CT molecular complexity index is 1870. The van der Waals surface area contributed by atoms with Crippen LogP contribution in [-0.4, -0.2) is 12.3 Å². The maximum absolute atomic E-state index is 15.6. The highest BCUT2D eigenvalue weighted by molar-refractivity contribution is 8.25. The Morgan fingerprint density at radius 3 is 1.43 bits per heavy atom. The number of hydrogen-bond donors (Lipinski definition) is 0. The second-order valence-corrected chi connectivity index (χ2v) is 18.8. The van der Waals surface area contributed by atoms with E-state index in [2.05, 4.69) is 97.9 Å². The van der Waals surface area contributed by atoms with Crippen molar-refractivity contribution in [2.24, 2.45) is 5.41 Å². The second kappa shape index (κ2) is 10.6. The standard InChI is InChI=1S/C38H32OP2S/c1-38-28-41(42,37(31-21-11-4-12-22-31)35(38)29-17-7-2-8-18-29)36(30-19-9-3-10-20-30)34(38)27-40(39,32-23-13-5-14-24-32)33-25-15-6-16-26-33/h2-26H,27-28H2,1H3. The third-order valence-electron chi connectivity index (χ3n) is 8.89. The van der Waals surface area contributed by atoms with Crippen LogP contribution in [-0.2, 0) is 16.4 Å². The highest BCUT2D eigenvalue weighted by Crippen LogP contribution is 2.85. The van der Waals surface area contributed by atoms with E-state index >= 15 is 4.57 Å². The normalized spacial score (nSPS) is 21.6. The van der Waals surface area contributed by atoms with E-state index in [9.17, 15) is 0 Å². The van der Waals surface area contributed by atoms with Gasteiger partial charge in [0.15, 0.2) is 0 Å². The molecule has 2 aliphatic rings. The third kappa shape index (κ3) is 4.28. The SMILES string of the molecule is CC12CP(=S)(C(c3ccccc3)=C1CP(=O)(c1ccccc1)c1ccccc1)C(c1ccccc1)=C2c1ccccc1. The quantitative estimate of drug-likeness (QED) is 0.174. The zero-order valence-corrected chi connectivity index (χ0v) is 26.2. The summed E-state index contributed by atoms with van der Waals surface area (Å²) in [4.78, 5) is 0. The number of rotatable bonds is 7. The van der Waals surface area contributed by atoms with Gasteiger partial charge in [-0.15, -0.1) is 0 Å². The third-order valence-corrected chi connectivity index (χ3v) is 16.9. The molecule has 0 aromatic heterocycles. The van der Waals surface area contributed by atoms with Gasteiger partial charge in [-0.3, -0.25) is 0 Å². The molecule has 7 rings (SSSR count). The minimum absolute atomic E-state index is 0.341. The fraction of sp³-hybridized carbons (Fsp3) is 0.105. The molecule has 0 saturated carbocycles. The molecule has 4 heteroatoms. The molecule has 0 N–H and O–H groups in total. The van der Waals surface area contributed by atoms with Crippen molar-refractivity contribution in [2.75, 3.05) is 12.3 Å². The first kappa shape index (κ1) is 27.3. The summed E-state index contributed by atoms with van der Waals surface area (Å²) >= 11 is 6.97. The van der Waals surface area contributed by atoms with Crippen LogP contribution in [0.3, 0.4) is 0 Å². The molecule has 0 fully saturated rings. The molecule has 5 aromatic rings. The van der Waals surface area contributed by atoms with Gasteiger partial charge >= 0.3 is 0 Å². The lowest BCUT2D eigenvalue weighted by atomic mass is 9.73. The minimum atomic E-state index is -3.05. The smallest absolute Gasteiger partial charge is 0.147 e. The van der Waals surface area contributed by atoms with Gasteiger partial charge < -0.3 is 4.57 Å². The topological polar surface area (TPSA) is 17.1 Å². The Labute approximate surface area is 254 Å². The van der Waals surface area contributed by atoms with Crippen molar-refractivity contribution in [3.05, 3.63) is 174 Å². The van der Waals surface area contributed by atoms with Gasteiger partial charge in [0.05, 0.1) is 0 Å². The molecule has 0 saturated heterocycles. The molecular formula is C38H32OP2S. The summed E-state index contributed by atoms with van der Waals surface area (Å²) in [6.45, 7) is 2.37. The highest BCUT2D eigenvalue weighted by atomic mass is 32.4. The summed E-state index contributed by atoms with van der Waals surface area (Å²) < 4.78 is 15.6. The summed E-state index contributed by atoms with van der Waals surface area (Å²) in [5.74, 6) is 0. The van der Waals surface area contributed by atoms with Gasteiger partial charge in [0.2, 0.25) is 0 Å². The van der Waals surface area contributed by atoms with Crippen LogP contribution in [0.5, 0.6) is 0 Å². The van der Waals surface area contributed by atoms with Crippen LogP contribution in [0.15, 0.2) is 157 Å². The molecule has 42 heavy (non-hydrogen) atoms. The summed E-state index contributed by atoms with van der Waals surface area (Å²) in [6.07, 6.45) is 1.35. The van der Waals surface area contributed by atoms with E-state index in [-0.39, 0.29) is 5.41 Å². The molecule has 0 amide bonds. The Morgan fingerprint density at radius 2 is 0.976 bits per heavy atom. The molecular weight excluding hydrogens is 566 g/mol. The first-order valence-electron chi connectivity index (χ1n) is 14.4. The largest absolute Gasteiger partial charge is 0.313 e. The highest BCUT2D eigenvalue weighted by Gasteiger charge is 2.58. The van der Waals surface area contributed by atoms with Gasteiger partial charge in [-0.2, -0.15) is 0 Å². The first-order chi connectivity index (χ1) is 20.5. The van der Waals surface area contributed by atoms with E-state index in [1.807, 2.05) is 60.7 Å². The molecule has 2 atom stereocenters. The van der Waals surface area contributed by atoms with Gasteiger partial charge in [0.1, 0.15) is 7.14 Å². The molecule has 0 radical (unpaired) electrons. The van der Waals surface area contributed by atoms with Crippen molar-refractivity contribution in [1.29, 1.82) is 0 Å². The van der Waals surface area contributed by atoms with Gasteiger partial charge in [-0.05, 0) is 39.3 Å². The molecule has 1 nitrogen and oxygen atoms in total. The van der Waals surface area contributed by atoms with Crippen molar-refractivity contribution in [2.45, 2.75) is 6.92 Å². The molecule has 206 valence electrons. The van der Waals surface area contributed by atoms with Crippen LogP contribution in [0.2, 0.25) is 0 Å². The van der Waals surface area contributed by atoms with E-state index in [0.29, 0.717) is 6.16 Å². The van der Waals surface area contributed by atoms with E-state index in [1.54, 1.807) is 0 Å². The Kier molecular flexibility index (Phi) is 6.91. The first-order valence-corrected chi connectivity index (χ1v) is 19.3. The Balaban J connectivity index is 1.54. The van der Waals surface area contributed by atoms with Crippen molar-refractivity contribution in [1.82, 2.24) is 0 Å². The lowest BCUT2D eigenvalue weighted by Crippen LogP contribution is -2.27. The van der Waals surface area contributed by atoms with Crippen molar-refractivity contribution in [3.63, 3.8) is 0 Å². The van der Waals surface area contributed by atoms with Crippen LogP contribution in [0.4, 0.5) is 0 Å². The summed E-state index contributed by atoms with van der Waals surface area (Å²) in [5, 5.41) is 4.38. The minimum Gasteiger partial charge on any atom is -0.313 e. The lowest BCUT2D eigenvalue weighted by molar-refractivity contribution is 0.581. The number of benzene rings is 5. The van der Waals surface area contributed by atoms with Gasteiger partial charge in [-0.25, -0.2) is 0 Å². The molecule has 5 aromatic carbocycles. The molecule has 2 unspecified atom stereocenters. The van der Waals surface area contributed by atoms with Crippen LogP contribution >= 0.6 is 13.2 Å². The zero-order chi connectivity index (χ0) is 28.8. The van der Waals surface area contributed by atoms with Crippen molar-refractivity contribution in [3.8, 4) is 0 Å². The maximum Gasteiger partial charge on any atom is 0.147 e. The van der Waals surface area contributed by atoms with Gasteiger partial charge in [0, 0.05) is 33.5 Å². The Hall–Kier alpha value is -3.54. The predicted molar refractivity (Wildman–Crippen MR) is 185 cm³/mol. The Morgan fingerprint density at radius 1 is 0.595 bits per heavy atom. The van der Waals surface area contributed by atoms with Crippen LogP contribution < -0.4 is 10.6 Å². The number of allylic oxidation sites excluding steroid dienone is 2. The number of hydrogen-bond acceptors (Lipinski definition) is 2. The maximum atomic E-state index is 15.6. The van der Waals surface area contributed by atoms with Gasteiger partial charge in [-0.1, -0.05) is 170 Å².